The summed E-state index contributed by atoms with van der Waals surface area (Å²) in [4.78, 5) is 16.5. The number of aromatic hydroxyl groups is 1. The number of rotatable bonds is 4. The monoisotopic (exact) mass is 423 g/mol. The van der Waals surface area contributed by atoms with Crippen molar-refractivity contribution in [2.24, 2.45) is 4.99 Å². The molecule has 0 saturated heterocycles. The summed E-state index contributed by atoms with van der Waals surface area (Å²) in [7, 11) is 0. The number of phenols is 1. The van der Waals surface area contributed by atoms with Gasteiger partial charge in [-0.2, -0.15) is 0 Å². The smallest absolute Gasteiger partial charge is 0.343 e. The number of carbonyl (C=O) groups excluding carboxylic acids is 1. The third-order valence-corrected chi connectivity index (χ3v) is 4.42. The number of hydrogen-bond acceptors (Lipinski definition) is 4. The van der Waals surface area contributed by atoms with Crippen LogP contribution in [0.5, 0.6) is 11.5 Å². The second-order valence-electron chi connectivity index (χ2n) is 6.18. The Morgan fingerprint density at radius 2 is 1.81 bits per heavy atom. The lowest BCUT2D eigenvalue weighted by Crippen LogP contribution is -2.08. The molecule has 0 fully saturated rings. The molecule has 0 aromatic heterocycles. The van der Waals surface area contributed by atoms with Gasteiger partial charge in [0, 0.05) is 10.7 Å². The van der Waals surface area contributed by atoms with E-state index in [0.29, 0.717) is 17.0 Å². The zero-order valence-electron chi connectivity index (χ0n) is 14.9. The number of esters is 1. The highest BCUT2D eigenvalue weighted by Gasteiger charge is 2.09. The van der Waals surface area contributed by atoms with Crippen molar-refractivity contribution in [2.45, 2.75) is 13.8 Å². The largest absolute Gasteiger partial charge is 0.505 e. The quantitative estimate of drug-likeness (QED) is 0.330. The third kappa shape index (κ3) is 4.83. The fourth-order valence-electron chi connectivity index (χ4n) is 2.58. The summed E-state index contributed by atoms with van der Waals surface area (Å²) in [5, 5.41) is 10.1. The highest BCUT2D eigenvalue weighted by Crippen LogP contribution is 2.31. The van der Waals surface area contributed by atoms with Crippen LogP contribution in [0, 0.1) is 13.8 Å². The van der Waals surface area contributed by atoms with E-state index in [9.17, 15) is 9.90 Å². The molecule has 0 amide bonds. The van der Waals surface area contributed by atoms with E-state index < -0.39 is 5.97 Å². The van der Waals surface area contributed by atoms with Crippen LogP contribution >= 0.6 is 15.9 Å². The fraction of sp³-hybridized carbons (Fsp3) is 0.0909. The third-order valence-electron chi connectivity index (χ3n) is 3.93. The number of ether oxygens (including phenoxy) is 1. The Bertz CT molecular complexity index is 1010. The number of benzene rings is 3. The van der Waals surface area contributed by atoms with Crippen molar-refractivity contribution in [3.05, 3.63) is 87.4 Å². The van der Waals surface area contributed by atoms with Crippen LogP contribution in [0.1, 0.15) is 27.0 Å². The molecule has 3 aromatic carbocycles. The van der Waals surface area contributed by atoms with Crippen LogP contribution in [-0.2, 0) is 0 Å². The molecule has 3 rings (SSSR count). The number of hydrogen-bond donors (Lipinski definition) is 1. The summed E-state index contributed by atoms with van der Waals surface area (Å²) in [6.07, 6.45) is 1.66. The molecule has 0 bridgehead atoms. The van der Waals surface area contributed by atoms with E-state index >= 15 is 0 Å². The Morgan fingerprint density at radius 1 is 1.07 bits per heavy atom. The van der Waals surface area contributed by atoms with Gasteiger partial charge in [-0.3, -0.25) is 4.99 Å². The highest BCUT2D eigenvalue weighted by atomic mass is 79.9. The number of nitrogens with zero attached hydrogens (tertiary/aromatic N) is 1. The van der Waals surface area contributed by atoms with Crippen molar-refractivity contribution in [1.82, 2.24) is 0 Å². The van der Waals surface area contributed by atoms with E-state index in [4.69, 9.17) is 4.74 Å². The van der Waals surface area contributed by atoms with Gasteiger partial charge in [0.05, 0.1) is 5.56 Å². The first-order chi connectivity index (χ1) is 12.9. The molecular weight excluding hydrogens is 406 g/mol. The number of phenolic OH excluding ortho intramolecular Hbond substituents is 1. The number of aliphatic imine (C=N–C) groups is 1. The predicted molar refractivity (Wildman–Crippen MR) is 110 cm³/mol. The van der Waals surface area contributed by atoms with E-state index in [-0.39, 0.29) is 5.75 Å². The van der Waals surface area contributed by atoms with Gasteiger partial charge in [-0.15, -0.1) is 0 Å². The summed E-state index contributed by atoms with van der Waals surface area (Å²) in [6, 6.07) is 17.8. The molecule has 0 aliphatic heterocycles. The zero-order chi connectivity index (χ0) is 19.4. The first kappa shape index (κ1) is 18.9. The summed E-state index contributed by atoms with van der Waals surface area (Å²) in [5.41, 5.74) is 3.65. The van der Waals surface area contributed by atoms with Crippen LogP contribution in [0.3, 0.4) is 0 Å². The number of halogens is 1. The van der Waals surface area contributed by atoms with E-state index in [1.807, 2.05) is 32.0 Å². The lowest BCUT2D eigenvalue weighted by Gasteiger charge is -2.06. The van der Waals surface area contributed by atoms with Crippen molar-refractivity contribution < 1.29 is 14.6 Å². The molecule has 0 saturated carbocycles. The van der Waals surface area contributed by atoms with Crippen molar-refractivity contribution in [2.75, 3.05) is 0 Å². The zero-order valence-corrected chi connectivity index (χ0v) is 16.5. The van der Waals surface area contributed by atoms with E-state index in [1.165, 1.54) is 0 Å². The molecule has 27 heavy (non-hydrogen) atoms. The molecule has 4 nitrogen and oxygen atoms in total. The van der Waals surface area contributed by atoms with Gasteiger partial charge in [0.25, 0.3) is 0 Å². The summed E-state index contributed by atoms with van der Waals surface area (Å²) in [5.74, 6) is 0.209. The summed E-state index contributed by atoms with van der Waals surface area (Å²) in [6.45, 7) is 3.80. The fourth-order valence-corrected chi connectivity index (χ4v) is 2.98. The first-order valence-electron chi connectivity index (χ1n) is 8.34. The number of carbonyl (C=O) groups is 1. The van der Waals surface area contributed by atoms with Crippen LogP contribution in [0.15, 0.2) is 70.1 Å². The van der Waals surface area contributed by atoms with Gasteiger partial charge in [-0.25, -0.2) is 4.79 Å². The maximum atomic E-state index is 12.2. The standard InChI is InChI=1S/C22H18BrNO3/c1-14-10-15(2)21(25)20(11-14)24-13-16-6-8-19(9-7-16)27-22(26)17-4-3-5-18(23)12-17/h3-13,25H,1-2H3. The Balaban J connectivity index is 1.71. The van der Waals surface area contributed by atoms with Gasteiger partial charge in [0.1, 0.15) is 17.2 Å². The van der Waals surface area contributed by atoms with E-state index in [1.54, 1.807) is 48.7 Å². The van der Waals surface area contributed by atoms with Gasteiger partial charge in [-0.05, 0) is 79.1 Å². The molecular formula is C22H18BrNO3. The molecule has 0 aliphatic rings. The minimum Gasteiger partial charge on any atom is -0.505 e. The molecule has 0 unspecified atom stereocenters. The molecule has 0 atom stereocenters. The molecule has 3 aromatic rings. The summed E-state index contributed by atoms with van der Waals surface area (Å²) >= 11 is 3.34. The molecule has 0 spiro atoms. The normalized spacial score (nSPS) is 10.9. The average Bonchev–Trinajstić information content (AvgIpc) is 2.64. The Kier molecular flexibility index (Phi) is 5.72. The first-order valence-corrected chi connectivity index (χ1v) is 9.14. The summed E-state index contributed by atoms with van der Waals surface area (Å²) < 4.78 is 6.20. The van der Waals surface area contributed by atoms with Crippen LogP contribution in [0.2, 0.25) is 0 Å². The van der Waals surface area contributed by atoms with Crippen LogP contribution in [0.4, 0.5) is 5.69 Å². The van der Waals surface area contributed by atoms with Crippen LogP contribution in [-0.4, -0.2) is 17.3 Å². The molecule has 0 radical (unpaired) electrons. The second-order valence-corrected chi connectivity index (χ2v) is 7.09. The number of aryl methyl sites for hydroxylation is 2. The molecule has 0 heterocycles. The minimum atomic E-state index is -0.419. The lowest BCUT2D eigenvalue weighted by atomic mass is 10.1. The maximum absolute atomic E-state index is 12.2. The van der Waals surface area contributed by atoms with Gasteiger partial charge in [0.15, 0.2) is 0 Å². The van der Waals surface area contributed by atoms with Crippen molar-refractivity contribution >= 4 is 33.8 Å². The predicted octanol–water partition coefficient (Wildman–Crippen LogP) is 5.74. The Labute approximate surface area is 166 Å². The van der Waals surface area contributed by atoms with Crippen LogP contribution < -0.4 is 4.74 Å². The van der Waals surface area contributed by atoms with Gasteiger partial charge in [0.2, 0.25) is 0 Å². The lowest BCUT2D eigenvalue weighted by molar-refractivity contribution is 0.0734. The maximum Gasteiger partial charge on any atom is 0.343 e. The van der Waals surface area contributed by atoms with Crippen molar-refractivity contribution in [3.8, 4) is 11.5 Å². The Hall–Kier alpha value is -2.92. The van der Waals surface area contributed by atoms with Crippen LogP contribution in [0.25, 0.3) is 0 Å². The van der Waals surface area contributed by atoms with Gasteiger partial charge in [-0.1, -0.05) is 28.1 Å². The van der Waals surface area contributed by atoms with E-state index in [0.717, 1.165) is 21.2 Å². The van der Waals surface area contributed by atoms with Gasteiger partial charge < -0.3 is 9.84 Å². The molecule has 0 aliphatic carbocycles. The van der Waals surface area contributed by atoms with E-state index in [2.05, 4.69) is 20.9 Å². The van der Waals surface area contributed by atoms with Crippen molar-refractivity contribution in [3.63, 3.8) is 0 Å². The SMILES string of the molecule is Cc1cc(C)c(O)c(N=Cc2ccc(OC(=O)c3cccc(Br)c3)cc2)c1. The average molecular weight is 424 g/mol. The second kappa shape index (κ2) is 8.18. The highest BCUT2D eigenvalue weighted by molar-refractivity contribution is 9.10. The van der Waals surface area contributed by atoms with Crippen molar-refractivity contribution in [1.29, 1.82) is 0 Å². The topological polar surface area (TPSA) is 58.9 Å². The minimum absolute atomic E-state index is 0.177. The molecule has 1 N–H and O–H groups in total. The molecule has 136 valence electrons. The molecule has 5 heteroatoms. The Morgan fingerprint density at radius 3 is 2.52 bits per heavy atom. The van der Waals surface area contributed by atoms with Gasteiger partial charge >= 0.3 is 5.97 Å².